The molecule has 0 saturated heterocycles. The molecule has 0 spiro atoms. The molecular formula is C29H25NO5. The third-order valence-corrected chi connectivity index (χ3v) is 5.70. The van der Waals surface area contributed by atoms with Gasteiger partial charge in [-0.25, -0.2) is 9.59 Å². The number of aryl methyl sites for hydroxylation is 1. The monoisotopic (exact) mass is 467 g/mol. The van der Waals surface area contributed by atoms with E-state index in [0.717, 1.165) is 16.8 Å². The van der Waals surface area contributed by atoms with Crippen molar-refractivity contribution in [3.63, 3.8) is 0 Å². The first-order chi connectivity index (χ1) is 17.0. The zero-order valence-electron chi connectivity index (χ0n) is 19.8. The van der Waals surface area contributed by atoms with Crippen LogP contribution in [0, 0.1) is 6.92 Å². The van der Waals surface area contributed by atoms with Crippen molar-refractivity contribution in [3.05, 3.63) is 107 Å². The van der Waals surface area contributed by atoms with Crippen LogP contribution in [-0.2, 0) is 16.1 Å². The summed E-state index contributed by atoms with van der Waals surface area (Å²) in [6, 6.07) is 23.9. The first-order valence-corrected chi connectivity index (χ1v) is 11.1. The quantitative estimate of drug-likeness (QED) is 0.316. The number of nitrogens with zero attached hydrogens (tertiary/aromatic N) is 1. The number of hydrogen-bond donors (Lipinski definition) is 0. The summed E-state index contributed by atoms with van der Waals surface area (Å²) >= 11 is 0. The highest BCUT2D eigenvalue weighted by atomic mass is 16.5. The number of hydrogen-bond acceptors (Lipinski definition) is 6. The topological polar surface area (TPSA) is 74.7 Å². The van der Waals surface area contributed by atoms with E-state index in [-0.39, 0.29) is 6.61 Å². The van der Waals surface area contributed by atoms with Crippen molar-refractivity contribution in [1.29, 1.82) is 0 Å². The van der Waals surface area contributed by atoms with Crippen molar-refractivity contribution in [2.75, 3.05) is 14.2 Å². The zero-order valence-corrected chi connectivity index (χ0v) is 19.8. The Kier molecular flexibility index (Phi) is 7.21. The summed E-state index contributed by atoms with van der Waals surface area (Å²) in [5, 5.41) is 0. The SMILES string of the molecule is COC(=O)c1ccccc1-c1cc(OCc2ncccc2C)cc(-c2ccccc2)c1C(=O)OC. The van der Waals surface area contributed by atoms with E-state index >= 15 is 0 Å². The number of methoxy groups -OCH3 is 2. The van der Waals surface area contributed by atoms with Gasteiger partial charge >= 0.3 is 11.9 Å². The minimum Gasteiger partial charge on any atom is -0.487 e. The smallest absolute Gasteiger partial charge is 0.339 e. The normalized spacial score (nSPS) is 10.5. The number of aromatic nitrogens is 1. The number of benzene rings is 3. The van der Waals surface area contributed by atoms with Gasteiger partial charge in [-0.2, -0.15) is 0 Å². The maximum absolute atomic E-state index is 13.1. The molecule has 0 aliphatic heterocycles. The molecule has 3 aromatic carbocycles. The van der Waals surface area contributed by atoms with Crippen LogP contribution in [-0.4, -0.2) is 31.1 Å². The second kappa shape index (κ2) is 10.7. The molecule has 0 radical (unpaired) electrons. The van der Waals surface area contributed by atoms with Gasteiger partial charge in [-0.15, -0.1) is 0 Å². The van der Waals surface area contributed by atoms with Crippen molar-refractivity contribution in [2.24, 2.45) is 0 Å². The molecule has 1 heterocycles. The van der Waals surface area contributed by atoms with E-state index < -0.39 is 11.9 Å². The largest absolute Gasteiger partial charge is 0.487 e. The third kappa shape index (κ3) is 5.06. The molecule has 0 aliphatic carbocycles. The first kappa shape index (κ1) is 23.7. The van der Waals surface area contributed by atoms with E-state index in [9.17, 15) is 9.59 Å². The van der Waals surface area contributed by atoms with Gasteiger partial charge < -0.3 is 14.2 Å². The van der Waals surface area contributed by atoms with Crippen molar-refractivity contribution in [2.45, 2.75) is 13.5 Å². The Hall–Kier alpha value is -4.45. The average Bonchev–Trinajstić information content (AvgIpc) is 2.91. The van der Waals surface area contributed by atoms with Crippen LogP contribution in [0.1, 0.15) is 32.0 Å². The number of carbonyl (C=O) groups excluding carboxylic acids is 2. The van der Waals surface area contributed by atoms with E-state index in [1.54, 1.807) is 36.5 Å². The molecule has 1 aromatic heterocycles. The van der Waals surface area contributed by atoms with Crippen LogP contribution in [0.5, 0.6) is 5.75 Å². The fourth-order valence-corrected chi connectivity index (χ4v) is 3.91. The van der Waals surface area contributed by atoms with Crippen LogP contribution in [0.4, 0.5) is 0 Å². The minimum absolute atomic E-state index is 0.247. The summed E-state index contributed by atoms with van der Waals surface area (Å²) < 4.78 is 16.3. The second-order valence-corrected chi connectivity index (χ2v) is 7.84. The summed E-state index contributed by atoms with van der Waals surface area (Å²) in [5.74, 6) is -0.505. The summed E-state index contributed by atoms with van der Waals surface area (Å²) in [7, 11) is 2.66. The van der Waals surface area contributed by atoms with Gasteiger partial charge in [0.25, 0.3) is 0 Å². The molecule has 0 atom stereocenters. The van der Waals surface area contributed by atoms with E-state index in [1.165, 1.54) is 14.2 Å². The van der Waals surface area contributed by atoms with Gasteiger partial charge in [0.1, 0.15) is 12.4 Å². The van der Waals surface area contributed by atoms with Crippen molar-refractivity contribution in [1.82, 2.24) is 4.98 Å². The first-order valence-electron chi connectivity index (χ1n) is 11.1. The average molecular weight is 468 g/mol. The van der Waals surface area contributed by atoms with Crippen LogP contribution < -0.4 is 4.74 Å². The lowest BCUT2D eigenvalue weighted by atomic mass is 9.89. The molecule has 0 fully saturated rings. The highest BCUT2D eigenvalue weighted by Crippen LogP contribution is 2.38. The fourth-order valence-electron chi connectivity index (χ4n) is 3.91. The zero-order chi connectivity index (χ0) is 24.8. The minimum atomic E-state index is -0.523. The van der Waals surface area contributed by atoms with Gasteiger partial charge in [-0.1, -0.05) is 54.6 Å². The molecule has 0 bridgehead atoms. The number of rotatable bonds is 7. The lowest BCUT2D eigenvalue weighted by Crippen LogP contribution is -2.10. The molecule has 6 heteroatoms. The predicted octanol–water partition coefficient (Wildman–Crippen LogP) is 5.88. The summed E-state index contributed by atoms with van der Waals surface area (Å²) in [4.78, 5) is 30.1. The van der Waals surface area contributed by atoms with Crippen LogP contribution >= 0.6 is 0 Å². The van der Waals surface area contributed by atoms with E-state index in [1.807, 2.05) is 55.5 Å². The molecular weight excluding hydrogens is 442 g/mol. The van der Waals surface area contributed by atoms with E-state index in [2.05, 4.69) is 4.98 Å². The highest BCUT2D eigenvalue weighted by Gasteiger charge is 2.24. The van der Waals surface area contributed by atoms with E-state index in [4.69, 9.17) is 14.2 Å². The lowest BCUT2D eigenvalue weighted by Gasteiger charge is -2.18. The third-order valence-electron chi connectivity index (χ3n) is 5.70. The Morgan fingerprint density at radius 1 is 0.771 bits per heavy atom. The standard InChI is InChI=1S/C29H25NO5/c1-19-10-9-15-30-26(19)18-35-21-16-24(20-11-5-4-6-12-20)27(29(32)34-3)25(17-21)22-13-7-8-14-23(22)28(31)33-2/h4-17H,18H2,1-3H3. The molecule has 4 rings (SSSR count). The maximum atomic E-state index is 13.1. The predicted molar refractivity (Wildman–Crippen MR) is 133 cm³/mol. The van der Waals surface area contributed by atoms with Gasteiger partial charge in [0.2, 0.25) is 0 Å². The Bertz CT molecular complexity index is 1360. The lowest BCUT2D eigenvalue weighted by molar-refractivity contribution is 0.0590. The Labute approximate surface area is 204 Å². The van der Waals surface area contributed by atoms with Gasteiger partial charge in [0.05, 0.1) is 31.0 Å². The van der Waals surface area contributed by atoms with Crippen LogP contribution in [0.25, 0.3) is 22.3 Å². The second-order valence-electron chi connectivity index (χ2n) is 7.84. The highest BCUT2D eigenvalue weighted by molar-refractivity contribution is 6.07. The molecule has 0 saturated carbocycles. The Balaban J connectivity index is 1.94. The number of carbonyl (C=O) groups is 2. The van der Waals surface area contributed by atoms with Crippen molar-refractivity contribution < 1.29 is 23.8 Å². The van der Waals surface area contributed by atoms with Gasteiger partial charge in [-0.05, 0) is 47.9 Å². The van der Waals surface area contributed by atoms with Gasteiger partial charge in [0, 0.05) is 17.3 Å². The molecule has 6 nitrogen and oxygen atoms in total. The van der Waals surface area contributed by atoms with E-state index in [0.29, 0.717) is 33.6 Å². The Morgan fingerprint density at radius 3 is 2.17 bits per heavy atom. The Morgan fingerprint density at radius 2 is 1.46 bits per heavy atom. The fraction of sp³-hybridized carbons (Fsp3) is 0.138. The van der Waals surface area contributed by atoms with Crippen LogP contribution in [0.3, 0.4) is 0 Å². The summed E-state index contributed by atoms with van der Waals surface area (Å²) in [5.41, 5.74) is 4.96. The molecule has 0 aliphatic rings. The number of ether oxygens (including phenoxy) is 3. The molecule has 35 heavy (non-hydrogen) atoms. The molecule has 4 aromatic rings. The molecule has 0 N–H and O–H groups in total. The summed E-state index contributed by atoms with van der Waals surface area (Å²) in [6.07, 6.45) is 1.72. The van der Waals surface area contributed by atoms with Gasteiger partial charge in [-0.3, -0.25) is 4.98 Å². The molecule has 176 valence electrons. The van der Waals surface area contributed by atoms with Crippen LogP contribution in [0.2, 0.25) is 0 Å². The maximum Gasteiger partial charge on any atom is 0.339 e. The molecule has 0 unspecified atom stereocenters. The number of pyridine rings is 1. The summed E-state index contributed by atoms with van der Waals surface area (Å²) in [6.45, 7) is 2.22. The molecule has 0 amide bonds. The number of esters is 2. The van der Waals surface area contributed by atoms with Crippen molar-refractivity contribution >= 4 is 11.9 Å². The van der Waals surface area contributed by atoms with Crippen LogP contribution in [0.15, 0.2) is 85.1 Å². The van der Waals surface area contributed by atoms with Crippen molar-refractivity contribution in [3.8, 4) is 28.0 Å². The van der Waals surface area contributed by atoms with Gasteiger partial charge in [0.15, 0.2) is 0 Å².